The minimum atomic E-state index is -3.31. The molecule has 0 spiro atoms. The van der Waals surface area contributed by atoms with Crippen LogP contribution < -0.4 is 9.47 Å². The molecule has 1 atom stereocenters. The summed E-state index contributed by atoms with van der Waals surface area (Å²) in [5.74, 6) is 2.09. The van der Waals surface area contributed by atoms with Gasteiger partial charge in [0.25, 0.3) is 0 Å². The number of nitrogens with one attached hydrogen (secondary N) is 1. The first-order chi connectivity index (χ1) is 18.7. The average molecular weight is 569 g/mol. The summed E-state index contributed by atoms with van der Waals surface area (Å²) in [6.45, 7) is 2.57. The highest BCUT2D eigenvalue weighted by atomic mass is 32.2. The van der Waals surface area contributed by atoms with E-state index in [0.29, 0.717) is 30.2 Å². The molecule has 2 aromatic carbocycles. The van der Waals surface area contributed by atoms with Crippen LogP contribution in [-0.4, -0.2) is 52.2 Å². The number of aromatic nitrogens is 3. The summed E-state index contributed by atoms with van der Waals surface area (Å²) >= 11 is 1.40. The first-order valence-corrected chi connectivity index (χ1v) is 15.1. The van der Waals surface area contributed by atoms with Crippen molar-refractivity contribution in [1.29, 1.82) is 0 Å². The van der Waals surface area contributed by atoms with Crippen LogP contribution in [0.15, 0.2) is 64.7 Å². The molecular formula is C27H28N4O6S2. The van der Waals surface area contributed by atoms with Crippen LogP contribution in [-0.2, 0) is 33.0 Å². The van der Waals surface area contributed by atoms with E-state index in [4.69, 9.17) is 14.2 Å². The Hall–Kier alpha value is -3.77. The summed E-state index contributed by atoms with van der Waals surface area (Å²) in [7, 11) is -1.41. The number of aromatic amines is 1. The number of thioether (sulfide) groups is 1. The number of fused-ring (bicyclic) bond motifs is 1. The van der Waals surface area contributed by atoms with Gasteiger partial charge in [0.1, 0.15) is 34.7 Å². The van der Waals surface area contributed by atoms with Crippen LogP contribution in [0.5, 0.6) is 17.2 Å². The van der Waals surface area contributed by atoms with Gasteiger partial charge in [-0.3, -0.25) is 9.79 Å². The van der Waals surface area contributed by atoms with Crippen LogP contribution in [0.2, 0.25) is 0 Å². The van der Waals surface area contributed by atoms with Crippen molar-refractivity contribution in [3.8, 4) is 17.2 Å². The summed E-state index contributed by atoms with van der Waals surface area (Å²) < 4.78 is 43.2. The lowest BCUT2D eigenvalue weighted by Crippen LogP contribution is -2.15. The number of nitrogens with zero attached hydrogens (tertiary/aromatic N) is 3. The van der Waals surface area contributed by atoms with Crippen molar-refractivity contribution in [3.05, 3.63) is 66.4 Å². The maximum atomic E-state index is 11.9. The second-order valence-electron chi connectivity index (χ2n) is 9.09. The predicted molar refractivity (Wildman–Crippen MR) is 149 cm³/mol. The van der Waals surface area contributed by atoms with Crippen LogP contribution in [0.3, 0.4) is 0 Å². The topological polar surface area (TPSA) is 125 Å². The van der Waals surface area contributed by atoms with Crippen molar-refractivity contribution < 1.29 is 27.4 Å². The van der Waals surface area contributed by atoms with E-state index in [2.05, 4.69) is 15.0 Å². The van der Waals surface area contributed by atoms with Crippen molar-refractivity contribution in [2.75, 3.05) is 12.8 Å². The highest BCUT2D eigenvalue weighted by Crippen LogP contribution is 2.36. The second-order valence-corrected chi connectivity index (χ2v) is 12.3. The highest BCUT2D eigenvalue weighted by molar-refractivity contribution is 8.15. The molecule has 1 unspecified atom stereocenters. The molecule has 0 saturated heterocycles. The van der Waals surface area contributed by atoms with E-state index in [-0.39, 0.29) is 22.9 Å². The fourth-order valence-electron chi connectivity index (χ4n) is 4.02. The number of aliphatic imine (C=N–C) groups is 1. The van der Waals surface area contributed by atoms with E-state index in [1.54, 1.807) is 24.4 Å². The summed E-state index contributed by atoms with van der Waals surface area (Å²) in [6, 6.07) is 11.8. The lowest BCUT2D eigenvalue weighted by atomic mass is 10.2. The fraction of sp³-hybridized carbons (Fsp3) is 0.296. The molecule has 2 aromatic heterocycles. The minimum absolute atomic E-state index is 0.216. The Labute approximate surface area is 230 Å². The summed E-state index contributed by atoms with van der Waals surface area (Å²) in [5.41, 5.74) is 1.19. The van der Waals surface area contributed by atoms with Crippen molar-refractivity contribution in [2.45, 2.75) is 36.7 Å². The quantitative estimate of drug-likeness (QED) is 0.270. The van der Waals surface area contributed by atoms with Crippen LogP contribution in [0.25, 0.3) is 10.9 Å². The number of carbonyl (C=O) groups is 1. The zero-order chi connectivity index (χ0) is 27.6. The molecule has 0 amide bonds. The molecule has 204 valence electrons. The number of hydrogen-bond acceptors (Lipinski definition) is 9. The first kappa shape index (κ1) is 26.8. The number of hydrogen-bond donors (Lipinski definition) is 1. The van der Waals surface area contributed by atoms with Gasteiger partial charge in [-0.15, -0.1) is 0 Å². The Morgan fingerprint density at radius 3 is 2.67 bits per heavy atom. The molecule has 0 bridgehead atoms. The summed E-state index contributed by atoms with van der Waals surface area (Å²) in [6.07, 6.45) is 5.84. The number of carbonyl (C=O) groups excluding carboxylic acids is 1. The number of benzene rings is 2. The molecule has 5 rings (SSSR count). The van der Waals surface area contributed by atoms with Crippen LogP contribution >= 0.6 is 11.8 Å². The standard InChI is InChI=1S/C27H28N4O6S2/c1-4-5-24(32)37-25-15-29-27(38-25)21-13-17-12-19(36-18-6-8-20(9-7-18)39(3,33)34)14-22(26(17)30-21)35-16-23-28-10-11-31(23)2/h6-14,25,30H,4-5,15-16H2,1-3H3. The van der Waals surface area contributed by atoms with Crippen molar-refractivity contribution in [3.63, 3.8) is 0 Å². The molecule has 10 nitrogen and oxygen atoms in total. The van der Waals surface area contributed by atoms with E-state index >= 15 is 0 Å². The molecule has 1 aliphatic rings. The highest BCUT2D eigenvalue weighted by Gasteiger charge is 2.25. The Kier molecular flexibility index (Phi) is 7.67. The molecule has 0 aliphatic carbocycles. The number of imidazole rings is 1. The van der Waals surface area contributed by atoms with Crippen molar-refractivity contribution in [1.82, 2.24) is 14.5 Å². The van der Waals surface area contributed by atoms with Gasteiger partial charge in [0.05, 0.1) is 22.7 Å². The maximum absolute atomic E-state index is 11.9. The van der Waals surface area contributed by atoms with E-state index in [1.165, 1.54) is 23.9 Å². The molecule has 1 N–H and O–H groups in total. The number of esters is 1. The normalized spacial score (nSPS) is 15.4. The van der Waals surface area contributed by atoms with Crippen LogP contribution in [0.1, 0.15) is 31.3 Å². The fourth-order valence-corrected chi connectivity index (χ4v) is 5.59. The van der Waals surface area contributed by atoms with Gasteiger partial charge < -0.3 is 23.8 Å². The van der Waals surface area contributed by atoms with Crippen molar-refractivity contribution >= 4 is 43.5 Å². The summed E-state index contributed by atoms with van der Waals surface area (Å²) in [5, 5.41) is 1.58. The van der Waals surface area contributed by atoms with Gasteiger partial charge in [0.15, 0.2) is 15.3 Å². The molecule has 0 fully saturated rings. The number of ether oxygens (including phenoxy) is 3. The SMILES string of the molecule is CCCC(=O)OC1CN=C(c2cc3cc(Oc4ccc(S(C)(=O)=O)cc4)cc(OCc4nccn4C)c3[nH]2)S1. The number of aryl methyl sites for hydroxylation is 1. The van der Waals surface area contributed by atoms with Crippen molar-refractivity contribution in [2.24, 2.45) is 12.0 Å². The van der Waals surface area contributed by atoms with E-state index < -0.39 is 9.84 Å². The maximum Gasteiger partial charge on any atom is 0.306 e. The monoisotopic (exact) mass is 568 g/mol. The molecule has 1 aliphatic heterocycles. The molecule has 39 heavy (non-hydrogen) atoms. The van der Waals surface area contributed by atoms with Gasteiger partial charge in [-0.2, -0.15) is 0 Å². The van der Waals surface area contributed by atoms with E-state index in [9.17, 15) is 13.2 Å². The van der Waals surface area contributed by atoms with Gasteiger partial charge >= 0.3 is 5.97 Å². The van der Waals surface area contributed by atoms with Gasteiger partial charge in [0.2, 0.25) is 0 Å². The third-order valence-corrected chi connectivity index (χ3v) is 8.21. The molecule has 3 heterocycles. The van der Waals surface area contributed by atoms with Crippen LogP contribution in [0.4, 0.5) is 0 Å². The second kappa shape index (κ2) is 11.1. The zero-order valence-electron chi connectivity index (χ0n) is 21.7. The molecule has 4 aromatic rings. The Bertz CT molecular complexity index is 1640. The first-order valence-electron chi connectivity index (χ1n) is 12.3. The number of sulfone groups is 1. The lowest BCUT2D eigenvalue weighted by molar-refractivity contribution is -0.144. The van der Waals surface area contributed by atoms with E-state index in [1.807, 2.05) is 36.9 Å². The van der Waals surface area contributed by atoms with Gasteiger partial charge in [0, 0.05) is 43.6 Å². The number of rotatable bonds is 10. The van der Waals surface area contributed by atoms with Gasteiger partial charge in [-0.25, -0.2) is 13.4 Å². The smallest absolute Gasteiger partial charge is 0.306 e. The Morgan fingerprint density at radius 2 is 1.97 bits per heavy atom. The largest absolute Gasteiger partial charge is 0.483 e. The van der Waals surface area contributed by atoms with Gasteiger partial charge in [-0.1, -0.05) is 18.7 Å². The molecule has 12 heteroatoms. The molecule has 0 radical (unpaired) electrons. The average Bonchev–Trinajstić information content (AvgIpc) is 3.62. The summed E-state index contributed by atoms with van der Waals surface area (Å²) in [4.78, 5) is 24.4. The number of H-pyrrole nitrogens is 1. The molecule has 0 saturated carbocycles. The third-order valence-electron chi connectivity index (χ3n) is 6.01. The third kappa shape index (κ3) is 6.28. The Morgan fingerprint density at radius 1 is 1.18 bits per heavy atom. The predicted octanol–water partition coefficient (Wildman–Crippen LogP) is 4.84. The zero-order valence-corrected chi connectivity index (χ0v) is 23.3. The minimum Gasteiger partial charge on any atom is -0.483 e. The van der Waals surface area contributed by atoms with Crippen LogP contribution in [0, 0.1) is 0 Å². The Balaban J connectivity index is 1.42. The molecular weight excluding hydrogens is 540 g/mol. The van der Waals surface area contributed by atoms with E-state index in [0.717, 1.165) is 40.1 Å². The van der Waals surface area contributed by atoms with Gasteiger partial charge in [-0.05, 0) is 42.8 Å². The lowest BCUT2D eigenvalue weighted by Gasteiger charge is -2.11.